The Morgan fingerprint density at radius 1 is 0.893 bits per heavy atom. The van der Waals surface area contributed by atoms with Crippen LogP contribution in [0.5, 0.6) is 0 Å². The first-order chi connectivity index (χ1) is 13.4. The van der Waals surface area contributed by atoms with Gasteiger partial charge in [-0.05, 0) is 74.5 Å². The third-order valence-electron chi connectivity index (χ3n) is 6.53. The Hall–Kier alpha value is -1.97. The number of H-pyrrole nitrogens is 1. The molecule has 2 aliphatic heterocycles. The lowest BCUT2D eigenvalue weighted by Crippen LogP contribution is -2.35. The number of hydrogen-bond acceptors (Lipinski definition) is 2. The smallest absolute Gasteiger partial charge is 0.0456 e. The highest BCUT2D eigenvalue weighted by atomic mass is 35.5. The molecule has 148 valence electrons. The number of anilines is 1. The molecule has 4 heteroatoms. The number of rotatable bonds is 5. The van der Waals surface area contributed by atoms with Crippen molar-refractivity contribution in [2.75, 3.05) is 37.6 Å². The lowest BCUT2D eigenvalue weighted by molar-refractivity contribution is 0.211. The number of halogens is 1. The molecule has 0 bridgehead atoms. The van der Waals surface area contributed by atoms with Crippen LogP contribution in [0.25, 0.3) is 10.9 Å². The largest absolute Gasteiger partial charge is 0.371 e. The van der Waals surface area contributed by atoms with Crippen LogP contribution < -0.4 is 4.90 Å². The quantitative estimate of drug-likeness (QED) is 0.639. The van der Waals surface area contributed by atoms with E-state index in [9.17, 15) is 0 Å². The number of likely N-dealkylation sites (tertiary alicyclic amines) is 1. The molecule has 0 spiro atoms. The maximum atomic E-state index is 3.45. The highest BCUT2D eigenvalue weighted by Crippen LogP contribution is 2.33. The van der Waals surface area contributed by atoms with E-state index in [1.165, 1.54) is 86.1 Å². The molecule has 3 aromatic rings. The minimum atomic E-state index is 0. The molecule has 5 rings (SSSR count). The first kappa shape index (κ1) is 19.4. The maximum Gasteiger partial charge on any atom is 0.0456 e. The minimum absolute atomic E-state index is 0. The molecule has 2 aliphatic rings. The zero-order valence-corrected chi connectivity index (χ0v) is 17.3. The van der Waals surface area contributed by atoms with Crippen molar-refractivity contribution in [2.45, 2.75) is 31.6 Å². The van der Waals surface area contributed by atoms with E-state index in [1.54, 1.807) is 0 Å². The summed E-state index contributed by atoms with van der Waals surface area (Å²) in [6, 6.07) is 17.6. The lowest BCUT2D eigenvalue weighted by atomic mass is 9.89. The summed E-state index contributed by atoms with van der Waals surface area (Å²) >= 11 is 0. The number of benzene rings is 2. The second kappa shape index (κ2) is 8.59. The van der Waals surface area contributed by atoms with Crippen molar-refractivity contribution in [2.24, 2.45) is 0 Å². The molecule has 0 unspecified atom stereocenters. The molecule has 3 heterocycles. The molecule has 0 amide bonds. The Morgan fingerprint density at radius 3 is 2.57 bits per heavy atom. The fourth-order valence-corrected chi connectivity index (χ4v) is 5.02. The van der Waals surface area contributed by atoms with Gasteiger partial charge in [0.1, 0.15) is 0 Å². The average Bonchev–Trinajstić information content (AvgIpc) is 3.33. The van der Waals surface area contributed by atoms with E-state index >= 15 is 0 Å². The van der Waals surface area contributed by atoms with Crippen LogP contribution in [-0.4, -0.2) is 42.6 Å². The molecule has 1 N–H and O–H groups in total. The predicted octanol–water partition coefficient (Wildman–Crippen LogP) is 5.22. The number of hydrogen-bond donors (Lipinski definition) is 1. The fourth-order valence-electron chi connectivity index (χ4n) is 5.02. The van der Waals surface area contributed by atoms with Crippen molar-refractivity contribution in [3.63, 3.8) is 0 Å². The van der Waals surface area contributed by atoms with Crippen molar-refractivity contribution in [3.8, 4) is 0 Å². The third kappa shape index (κ3) is 3.78. The van der Waals surface area contributed by atoms with Gasteiger partial charge in [-0.3, -0.25) is 0 Å². The number of fused-ring (bicyclic) bond motifs is 2. The lowest BCUT2D eigenvalue weighted by Gasteiger charge is -2.32. The van der Waals surface area contributed by atoms with E-state index in [1.807, 2.05) is 0 Å². The summed E-state index contributed by atoms with van der Waals surface area (Å²) in [5.74, 6) is 0.711. The molecular formula is C24H30ClN3. The Morgan fingerprint density at radius 2 is 1.68 bits per heavy atom. The van der Waals surface area contributed by atoms with E-state index in [0.717, 1.165) is 0 Å². The molecule has 2 aromatic carbocycles. The topological polar surface area (TPSA) is 22.3 Å². The van der Waals surface area contributed by atoms with E-state index in [4.69, 9.17) is 0 Å². The van der Waals surface area contributed by atoms with Crippen molar-refractivity contribution in [1.82, 2.24) is 9.88 Å². The molecule has 0 aliphatic carbocycles. The van der Waals surface area contributed by atoms with Crippen LogP contribution in [0, 0.1) is 0 Å². The molecule has 0 atom stereocenters. The molecule has 1 aromatic heterocycles. The molecule has 28 heavy (non-hydrogen) atoms. The summed E-state index contributed by atoms with van der Waals surface area (Å²) in [4.78, 5) is 8.70. The third-order valence-corrected chi connectivity index (χ3v) is 6.53. The van der Waals surface area contributed by atoms with E-state index in [0.29, 0.717) is 5.92 Å². The van der Waals surface area contributed by atoms with Crippen LogP contribution >= 0.6 is 12.4 Å². The Balaban J connectivity index is 0.00000192. The average molecular weight is 396 g/mol. The summed E-state index contributed by atoms with van der Waals surface area (Å²) in [7, 11) is 0. The van der Waals surface area contributed by atoms with Gasteiger partial charge >= 0.3 is 0 Å². The number of para-hydroxylation sites is 2. The summed E-state index contributed by atoms with van der Waals surface area (Å²) in [6.07, 6.45) is 7.30. The van der Waals surface area contributed by atoms with Crippen LogP contribution in [0.4, 0.5) is 5.69 Å². The second-order valence-electron chi connectivity index (χ2n) is 8.12. The van der Waals surface area contributed by atoms with Crippen molar-refractivity contribution >= 4 is 29.0 Å². The van der Waals surface area contributed by atoms with E-state index in [-0.39, 0.29) is 12.4 Å². The van der Waals surface area contributed by atoms with Gasteiger partial charge in [0, 0.05) is 35.9 Å². The monoisotopic (exact) mass is 395 g/mol. The van der Waals surface area contributed by atoms with Crippen molar-refractivity contribution in [1.29, 1.82) is 0 Å². The van der Waals surface area contributed by atoms with Gasteiger partial charge in [-0.15, -0.1) is 12.4 Å². The first-order valence-corrected chi connectivity index (χ1v) is 10.5. The standard InChI is InChI=1S/C24H29N3.ClH/c1-4-9-24-20(6-1)12-17-27(24)14-5-13-26-15-10-19(11-16-26)22-18-25-23-8-3-2-7-21(22)23;/h1-4,6-9,18-19,25H,5,10-17H2;1H. The predicted molar refractivity (Wildman–Crippen MR) is 121 cm³/mol. The summed E-state index contributed by atoms with van der Waals surface area (Å²) in [5, 5.41) is 1.42. The van der Waals surface area contributed by atoms with Crippen LogP contribution in [0.1, 0.15) is 36.3 Å². The van der Waals surface area contributed by atoms with Crippen LogP contribution in [-0.2, 0) is 6.42 Å². The fraction of sp³-hybridized carbons (Fsp3) is 0.417. The number of nitrogens with zero attached hydrogens (tertiary/aromatic N) is 2. The van der Waals surface area contributed by atoms with Gasteiger partial charge in [-0.2, -0.15) is 0 Å². The Labute approximate surface area is 174 Å². The van der Waals surface area contributed by atoms with Gasteiger partial charge < -0.3 is 14.8 Å². The highest BCUT2D eigenvalue weighted by molar-refractivity contribution is 5.85. The molecule has 3 nitrogen and oxygen atoms in total. The van der Waals surface area contributed by atoms with Gasteiger partial charge in [0.2, 0.25) is 0 Å². The summed E-state index contributed by atoms with van der Waals surface area (Å²) in [5.41, 5.74) is 5.80. The molecular weight excluding hydrogens is 366 g/mol. The zero-order chi connectivity index (χ0) is 18.1. The Bertz CT molecular complexity index is 911. The van der Waals surface area contributed by atoms with Crippen LogP contribution in [0.15, 0.2) is 54.7 Å². The molecule has 1 fully saturated rings. The Kier molecular flexibility index (Phi) is 5.93. The van der Waals surface area contributed by atoms with Crippen LogP contribution in [0.2, 0.25) is 0 Å². The van der Waals surface area contributed by atoms with Gasteiger partial charge in [0.05, 0.1) is 0 Å². The van der Waals surface area contributed by atoms with Gasteiger partial charge in [0.25, 0.3) is 0 Å². The SMILES string of the molecule is Cl.c1ccc2c(c1)CCN2CCCN1CCC(c2c[nH]c3ccccc23)CC1. The van der Waals surface area contributed by atoms with Gasteiger partial charge in [-0.1, -0.05) is 36.4 Å². The normalized spacial score (nSPS) is 17.6. The number of aromatic amines is 1. The van der Waals surface area contributed by atoms with Crippen molar-refractivity contribution in [3.05, 3.63) is 65.9 Å². The first-order valence-electron chi connectivity index (χ1n) is 10.5. The zero-order valence-electron chi connectivity index (χ0n) is 16.4. The summed E-state index contributed by atoms with van der Waals surface area (Å²) in [6.45, 7) is 6.10. The highest BCUT2D eigenvalue weighted by Gasteiger charge is 2.23. The number of nitrogens with one attached hydrogen (secondary N) is 1. The summed E-state index contributed by atoms with van der Waals surface area (Å²) < 4.78 is 0. The molecule has 0 radical (unpaired) electrons. The van der Waals surface area contributed by atoms with E-state index in [2.05, 4.69) is 69.5 Å². The second-order valence-corrected chi connectivity index (χ2v) is 8.12. The van der Waals surface area contributed by atoms with Crippen molar-refractivity contribution < 1.29 is 0 Å². The molecule has 1 saturated heterocycles. The molecule has 0 saturated carbocycles. The maximum absolute atomic E-state index is 3.45. The minimum Gasteiger partial charge on any atom is -0.371 e. The number of aromatic nitrogens is 1. The number of piperidine rings is 1. The van der Waals surface area contributed by atoms with Gasteiger partial charge in [-0.25, -0.2) is 0 Å². The van der Waals surface area contributed by atoms with E-state index < -0.39 is 0 Å². The van der Waals surface area contributed by atoms with Crippen LogP contribution in [0.3, 0.4) is 0 Å². The van der Waals surface area contributed by atoms with Gasteiger partial charge in [0.15, 0.2) is 0 Å².